The Morgan fingerprint density at radius 1 is 0.844 bits per heavy atom. The first-order chi connectivity index (χ1) is 22.0. The first-order valence-electron chi connectivity index (χ1n) is 15.5. The van der Waals surface area contributed by atoms with Crippen LogP contribution in [0.3, 0.4) is 0 Å². The van der Waals surface area contributed by atoms with Crippen molar-refractivity contribution in [2.45, 2.75) is 50.7 Å². The Morgan fingerprint density at radius 3 is 2.22 bits per heavy atom. The first kappa shape index (κ1) is 33.7. The fourth-order valence-electron chi connectivity index (χ4n) is 4.81. The molecule has 1 aromatic heterocycles. The molecule has 13 nitrogen and oxygen atoms in total. The van der Waals surface area contributed by atoms with E-state index in [1.54, 1.807) is 12.1 Å². The number of hydrogen-bond donors (Lipinski definition) is 6. The molecule has 7 N–H and O–H groups in total. The van der Waals surface area contributed by atoms with E-state index in [0.29, 0.717) is 69.5 Å². The summed E-state index contributed by atoms with van der Waals surface area (Å²) in [7, 11) is 0. The van der Waals surface area contributed by atoms with Crippen molar-refractivity contribution in [2.24, 2.45) is 5.73 Å². The predicted octanol–water partition coefficient (Wildman–Crippen LogP) is 2.45. The summed E-state index contributed by atoms with van der Waals surface area (Å²) in [6.45, 7) is 3.36. The average molecular weight is 621 g/mol. The SMILES string of the molecule is NCCOCCOCCNC(=O)Cc1ccc(Nc2nc(NCCc3ccc(C=O)cc3)nc(NC3CCC(O)CC3)n2)cc1. The second-order valence-corrected chi connectivity index (χ2v) is 10.9. The number of nitrogens with two attached hydrogens (primary N) is 1. The van der Waals surface area contributed by atoms with Crippen LogP contribution < -0.4 is 27.0 Å². The van der Waals surface area contributed by atoms with Gasteiger partial charge in [-0.05, 0) is 55.4 Å². The highest BCUT2D eigenvalue weighted by Gasteiger charge is 2.20. The van der Waals surface area contributed by atoms with Gasteiger partial charge < -0.3 is 41.6 Å². The number of carbonyl (C=O) groups excluding carboxylic acids is 2. The maximum absolute atomic E-state index is 12.3. The lowest BCUT2D eigenvalue weighted by Gasteiger charge is -2.26. The molecule has 1 aliphatic rings. The van der Waals surface area contributed by atoms with Crippen LogP contribution in [0.25, 0.3) is 0 Å². The van der Waals surface area contributed by atoms with Crippen molar-refractivity contribution in [3.8, 4) is 0 Å². The van der Waals surface area contributed by atoms with Gasteiger partial charge in [-0.15, -0.1) is 0 Å². The summed E-state index contributed by atoms with van der Waals surface area (Å²) in [4.78, 5) is 37.0. The standard InChI is InChI=1S/C32H44N8O5/c33-14-17-44-19-20-45-18-16-34-29(43)21-24-5-7-26(8-6-24)36-31-38-30(35-15-13-23-1-3-25(22-41)4-2-23)39-32(40-31)37-27-9-11-28(42)12-10-27/h1-8,22,27-28,42H,9-21,33H2,(H,34,43)(H3,35,36,37,38,39,40). The van der Waals surface area contributed by atoms with Crippen LogP contribution in [0, 0.1) is 0 Å². The Morgan fingerprint density at radius 2 is 1.51 bits per heavy atom. The van der Waals surface area contributed by atoms with E-state index >= 15 is 0 Å². The number of rotatable bonds is 19. The normalized spacial score (nSPS) is 16.1. The van der Waals surface area contributed by atoms with Crippen LogP contribution in [0.2, 0.25) is 0 Å². The lowest BCUT2D eigenvalue weighted by Crippen LogP contribution is -2.29. The van der Waals surface area contributed by atoms with E-state index in [1.165, 1.54) is 0 Å². The second-order valence-electron chi connectivity index (χ2n) is 10.9. The fourth-order valence-corrected chi connectivity index (χ4v) is 4.81. The van der Waals surface area contributed by atoms with Crippen molar-refractivity contribution < 1.29 is 24.2 Å². The summed E-state index contributed by atoms with van der Waals surface area (Å²) >= 11 is 0. The monoisotopic (exact) mass is 620 g/mol. The molecule has 1 fully saturated rings. The minimum absolute atomic E-state index is 0.0856. The molecule has 0 unspecified atom stereocenters. The predicted molar refractivity (Wildman–Crippen MR) is 173 cm³/mol. The minimum atomic E-state index is -0.253. The van der Waals surface area contributed by atoms with Gasteiger partial charge in [0.2, 0.25) is 23.8 Å². The molecule has 1 amide bonds. The number of hydrogen-bond acceptors (Lipinski definition) is 12. The van der Waals surface area contributed by atoms with Gasteiger partial charge in [-0.25, -0.2) is 0 Å². The molecule has 0 aliphatic heterocycles. The van der Waals surface area contributed by atoms with Gasteiger partial charge in [0.15, 0.2) is 0 Å². The van der Waals surface area contributed by atoms with Gasteiger partial charge in [0.25, 0.3) is 0 Å². The van der Waals surface area contributed by atoms with E-state index in [0.717, 1.165) is 55.2 Å². The summed E-state index contributed by atoms with van der Waals surface area (Å²) < 4.78 is 10.7. The number of nitrogens with one attached hydrogen (secondary N) is 4. The Bertz CT molecular complexity index is 1320. The third kappa shape index (κ3) is 12.4. The maximum Gasteiger partial charge on any atom is 0.233 e. The summed E-state index contributed by atoms with van der Waals surface area (Å²) in [5, 5.41) is 22.7. The third-order valence-electron chi connectivity index (χ3n) is 7.26. The van der Waals surface area contributed by atoms with Crippen molar-refractivity contribution in [3.63, 3.8) is 0 Å². The third-order valence-corrected chi connectivity index (χ3v) is 7.26. The molecule has 1 heterocycles. The average Bonchev–Trinajstić information content (AvgIpc) is 3.04. The number of aromatic nitrogens is 3. The number of carbonyl (C=O) groups is 2. The molecule has 0 radical (unpaired) electrons. The zero-order valence-electron chi connectivity index (χ0n) is 25.5. The summed E-state index contributed by atoms with van der Waals surface area (Å²) in [5.41, 5.74) is 8.74. The van der Waals surface area contributed by atoms with Crippen LogP contribution in [-0.4, -0.2) is 90.5 Å². The van der Waals surface area contributed by atoms with Crippen LogP contribution in [-0.2, 0) is 27.1 Å². The Kier molecular flexibility index (Phi) is 13.9. The van der Waals surface area contributed by atoms with Crippen LogP contribution in [0.4, 0.5) is 23.5 Å². The Labute approximate surface area is 263 Å². The Hall–Kier alpha value is -4.17. The van der Waals surface area contributed by atoms with E-state index < -0.39 is 0 Å². The summed E-state index contributed by atoms with van der Waals surface area (Å²) in [6, 6.07) is 15.2. The summed E-state index contributed by atoms with van der Waals surface area (Å²) in [6.07, 6.45) is 4.71. The van der Waals surface area contributed by atoms with Gasteiger partial charge in [0, 0.05) is 36.9 Å². The topological polar surface area (TPSA) is 186 Å². The molecule has 3 aromatic rings. The molecule has 2 aromatic carbocycles. The maximum atomic E-state index is 12.3. The second kappa shape index (κ2) is 18.6. The van der Waals surface area contributed by atoms with Crippen LogP contribution in [0.15, 0.2) is 48.5 Å². The van der Waals surface area contributed by atoms with E-state index in [4.69, 9.17) is 15.2 Å². The highest BCUT2D eigenvalue weighted by atomic mass is 16.5. The molecular formula is C32H44N8O5. The van der Waals surface area contributed by atoms with E-state index in [-0.39, 0.29) is 24.5 Å². The highest BCUT2D eigenvalue weighted by molar-refractivity contribution is 5.78. The Balaban J connectivity index is 1.30. The minimum Gasteiger partial charge on any atom is -0.393 e. The lowest BCUT2D eigenvalue weighted by atomic mass is 9.93. The molecule has 4 rings (SSSR count). The molecular weight excluding hydrogens is 576 g/mol. The number of ether oxygens (including phenoxy) is 2. The molecule has 1 saturated carbocycles. The van der Waals surface area contributed by atoms with Gasteiger partial charge in [0.1, 0.15) is 6.29 Å². The molecule has 0 bridgehead atoms. The van der Waals surface area contributed by atoms with E-state index in [2.05, 4.69) is 36.2 Å². The summed E-state index contributed by atoms with van der Waals surface area (Å²) in [5.74, 6) is 1.17. The van der Waals surface area contributed by atoms with Crippen molar-refractivity contribution in [2.75, 3.05) is 62.0 Å². The van der Waals surface area contributed by atoms with E-state index in [1.807, 2.05) is 36.4 Å². The number of anilines is 4. The molecule has 242 valence electrons. The van der Waals surface area contributed by atoms with Gasteiger partial charge in [0.05, 0.1) is 39.0 Å². The molecule has 0 spiro atoms. The fraction of sp³-hybridized carbons (Fsp3) is 0.469. The molecule has 45 heavy (non-hydrogen) atoms. The molecule has 0 saturated heterocycles. The van der Waals surface area contributed by atoms with Gasteiger partial charge in [-0.1, -0.05) is 36.4 Å². The van der Waals surface area contributed by atoms with Crippen LogP contribution in [0.5, 0.6) is 0 Å². The zero-order chi connectivity index (χ0) is 31.7. The molecule has 1 aliphatic carbocycles. The number of amides is 1. The van der Waals surface area contributed by atoms with Crippen molar-refractivity contribution in [3.05, 3.63) is 65.2 Å². The molecule has 0 atom stereocenters. The van der Waals surface area contributed by atoms with Crippen LogP contribution >= 0.6 is 0 Å². The van der Waals surface area contributed by atoms with Crippen molar-refractivity contribution in [1.29, 1.82) is 0 Å². The number of aliphatic hydroxyl groups is 1. The largest absolute Gasteiger partial charge is 0.393 e. The number of nitrogens with zero attached hydrogens (tertiary/aromatic N) is 3. The van der Waals surface area contributed by atoms with E-state index in [9.17, 15) is 14.7 Å². The smallest absolute Gasteiger partial charge is 0.233 e. The zero-order valence-corrected chi connectivity index (χ0v) is 25.5. The van der Waals surface area contributed by atoms with Crippen molar-refractivity contribution >= 4 is 35.7 Å². The highest BCUT2D eigenvalue weighted by Crippen LogP contribution is 2.23. The molecule has 13 heteroatoms. The number of aliphatic hydroxyl groups excluding tert-OH is 1. The number of benzene rings is 2. The van der Waals surface area contributed by atoms with Gasteiger partial charge >= 0.3 is 0 Å². The lowest BCUT2D eigenvalue weighted by molar-refractivity contribution is -0.120. The van der Waals surface area contributed by atoms with Crippen molar-refractivity contribution in [1.82, 2.24) is 20.3 Å². The van der Waals surface area contributed by atoms with Gasteiger partial charge in [-0.3, -0.25) is 9.59 Å². The number of aldehydes is 1. The van der Waals surface area contributed by atoms with Gasteiger partial charge in [-0.2, -0.15) is 15.0 Å². The quantitative estimate of drug-likeness (QED) is 0.0851. The van der Waals surface area contributed by atoms with Crippen LogP contribution in [0.1, 0.15) is 47.2 Å². The first-order valence-corrected chi connectivity index (χ1v) is 15.5.